The zero-order chi connectivity index (χ0) is 23.5. The number of hydrogen-bond acceptors (Lipinski definition) is 6. The van der Waals surface area contributed by atoms with Crippen molar-refractivity contribution in [3.8, 4) is 17.1 Å². The largest absolute Gasteiger partial charge is 0.497 e. The molecule has 0 radical (unpaired) electrons. The minimum atomic E-state index is 0.248. The van der Waals surface area contributed by atoms with Gasteiger partial charge in [0.15, 0.2) is 0 Å². The summed E-state index contributed by atoms with van der Waals surface area (Å²) in [5.41, 5.74) is 5.21. The van der Waals surface area contributed by atoms with E-state index in [1.807, 2.05) is 35.3 Å². The van der Waals surface area contributed by atoms with E-state index in [2.05, 4.69) is 48.4 Å². The fourth-order valence-corrected chi connectivity index (χ4v) is 4.57. The Morgan fingerprint density at radius 2 is 1.82 bits per heavy atom. The van der Waals surface area contributed by atoms with Gasteiger partial charge in [-0.3, -0.25) is 9.67 Å². The molecule has 5 rings (SSSR count). The first-order valence-electron chi connectivity index (χ1n) is 11.9. The van der Waals surface area contributed by atoms with Crippen LogP contribution in [0.25, 0.3) is 22.3 Å². The summed E-state index contributed by atoms with van der Waals surface area (Å²) >= 11 is 0. The average molecular weight is 458 g/mol. The molecule has 0 spiro atoms. The Morgan fingerprint density at radius 3 is 2.56 bits per heavy atom. The molecule has 0 bridgehead atoms. The van der Waals surface area contributed by atoms with Gasteiger partial charge < -0.3 is 14.8 Å². The maximum Gasteiger partial charge on any atom is 0.137 e. The molecule has 4 aromatic rings. The van der Waals surface area contributed by atoms with Crippen molar-refractivity contribution in [3.63, 3.8) is 0 Å². The molecule has 1 N–H and O–H groups in total. The highest BCUT2D eigenvalue weighted by Crippen LogP contribution is 2.34. The molecule has 0 atom stereocenters. The highest BCUT2D eigenvalue weighted by molar-refractivity contribution is 6.00. The number of nitrogens with one attached hydrogen (secondary N) is 1. The quantitative estimate of drug-likeness (QED) is 0.408. The van der Waals surface area contributed by atoms with Gasteiger partial charge in [-0.25, -0.2) is 4.98 Å². The summed E-state index contributed by atoms with van der Waals surface area (Å²) in [6, 6.07) is 14.7. The molecule has 1 aliphatic heterocycles. The summed E-state index contributed by atoms with van der Waals surface area (Å²) in [5, 5.41) is 9.57. The number of methoxy groups -OCH3 is 1. The lowest BCUT2D eigenvalue weighted by atomic mass is 9.91. The monoisotopic (exact) mass is 457 g/mol. The normalized spacial score (nSPS) is 14.6. The van der Waals surface area contributed by atoms with Gasteiger partial charge >= 0.3 is 0 Å². The Morgan fingerprint density at radius 1 is 1.06 bits per heavy atom. The molecule has 3 aromatic heterocycles. The van der Waals surface area contributed by atoms with Crippen LogP contribution >= 0.6 is 0 Å². The zero-order valence-corrected chi connectivity index (χ0v) is 20.0. The van der Waals surface area contributed by atoms with E-state index < -0.39 is 0 Å². The van der Waals surface area contributed by atoms with Crippen LogP contribution in [0.2, 0.25) is 0 Å². The Bertz CT molecular complexity index is 1260. The predicted molar refractivity (Wildman–Crippen MR) is 134 cm³/mol. The molecule has 1 fully saturated rings. The molecule has 0 aliphatic carbocycles. The molecule has 1 aliphatic rings. The maximum atomic E-state index is 5.57. The molecule has 34 heavy (non-hydrogen) atoms. The number of hydrogen-bond donors (Lipinski definition) is 1. The van der Waals surface area contributed by atoms with Crippen LogP contribution in [0, 0.1) is 0 Å². The summed E-state index contributed by atoms with van der Waals surface area (Å²) in [4.78, 5) is 9.40. The molecule has 7 nitrogen and oxygen atoms in total. The fourth-order valence-electron chi connectivity index (χ4n) is 4.57. The van der Waals surface area contributed by atoms with Gasteiger partial charge in [0.2, 0.25) is 0 Å². The Kier molecular flexibility index (Phi) is 6.45. The minimum Gasteiger partial charge on any atom is -0.497 e. The highest BCUT2D eigenvalue weighted by Gasteiger charge is 2.21. The van der Waals surface area contributed by atoms with Crippen molar-refractivity contribution in [2.75, 3.05) is 25.6 Å². The van der Waals surface area contributed by atoms with Crippen LogP contribution in [-0.2, 0) is 11.3 Å². The second-order valence-electron chi connectivity index (χ2n) is 9.07. The number of pyridine rings is 2. The van der Waals surface area contributed by atoms with E-state index in [1.165, 1.54) is 5.56 Å². The number of benzene rings is 1. The van der Waals surface area contributed by atoms with Gasteiger partial charge in [0.05, 0.1) is 30.3 Å². The van der Waals surface area contributed by atoms with Gasteiger partial charge in [0, 0.05) is 31.6 Å². The van der Waals surface area contributed by atoms with Gasteiger partial charge in [0.25, 0.3) is 0 Å². The molecule has 0 saturated carbocycles. The summed E-state index contributed by atoms with van der Waals surface area (Å²) in [5.74, 6) is 2.17. The van der Waals surface area contributed by atoms with E-state index in [1.54, 1.807) is 7.11 Å². The second-order valence-corrected chi connectivity index (χ2v) is 9.07. The topological polar surface area (TPSA) is 74.1 Å². The van der Waals surface area contributed by atoms with Crippen molar-refractivity contribution in [2.45, 2.75) is 45.2 Å². The van der Waals surface area contributed by atoms with E-state index in [0.717, 1.165) is 65.5 Å². The average Bonchev–Trinajstić information content (AvgIpc) is 3.24. The first-order chi connectivity index (χ1) is 16.6. The Balaban J connectivity index is 1.60. The number of anilines is 1. The van der Waals surface area contributed by atoms with E-state index in [-0.39, 0.29) is 6.04 Å². The van der Waals surface area contributed by atoms with Crippen molar-refractivity contribution in [2.24, 2.45) is 0 Å². The third-order valence-corrected chi connectivity index (χ3v) is 6.30. The Hall–Kier alpha value is -3.45. The van der Waals surface area contributed by atoms with E-state index in [0.29, 0.717) is 12.5 Å². The van der Waals surface area contributed by atoms with Crippen molar-refractivity contribution < 1.29 is 9.47 Å². The smallest absolute Gasteiger partial charge is 0.137 e. The molecule has 0 amide bonds. The predicted octanol–water partition coefficient (Wildman–Crippen LogP) is 5.26. The van der Waals surface area contributed by atoms with Crippen LogP contribution in [0.1, 0.15) is 43.7 Å². The molecule has 176 valence electrons. The molecule has 4 heterocycles. The zero-order valence-electron chi connectivity index (χ0n) is 20.0. The van der Waals surface area contributed by atoms with Crippen LogP contribution in [-0.4, -0.2) is 46.1 Å². The number of aromatic nitrogens is 4. The van der Waals surface area contributed by atoms with Gasteiger partial charge in [-0.1, -0.05) is 12.1 Å². The number of nitrogens with zero attached hydrogens (tertiary/aromatic N) is 4. The lowest BCUT2D eigenvalue weighted by molar-refractivity contribution is 0.0853. The van der Waals surface area contributed by atoms with Crippen LogP contribution in [0.15, 0.2) is 54.9 Å². The summed E-state index contributed by atoms with van der Waals surface area (Å²) in [6.45, 7) is 6.51. The highest BCUT2D eigenvalue weighted by atomic mass is 16.5. The van der Waals surface area contributed by atoms with Crippen LogP contribution < -0.4 is 10.1 Å². The minimum absolute atomic E-state index is 0.248. The van der Waals surface area contributed by atoms with Crippen LogP contribution in [0.3, 0.4) is 0 Å². The first-order valence-corrected chi connectivity index (χ1v) is 11.9. The molecular weight excluding hydrogens is 426 g/mol. The van der Waals surface area contributed by atoms with Crippen molar-refractivity contribution in [1.29, 1.82) is 0 Å². The van der Waals surface area contributed by atoms with E-state index in [9.17, 15) is 0 Å². The van der Waals surface area contributed by atoms with E-state index in [4.69, 9.17) is 19.6 Å². The van der Waals surface area contributed by atoms with E-state index >= 15 is 0 Å². The Labute approximate surface area is 200 Å². The maximum absolute atomic E-state index is 5.57. The van der Waals surface area contributed by atoms with Gasteiger partial charge in [-0.05, 0) is 74.1 Å². The number of fused-ring (bicyclic) bond motifs is 1. The van der Waals surface area contributed by atoms with Gasteiger partial charge in [-0.15, -0.1) is 0 Å². The van der Waals surface area contributed by atoms with Gasteiger partial charge in [-0.2, -0.15) is 5.10 Å². The third kappa shape index (κ3) is 4.61. The lowest BCUT2D eigenvalue weighted by Crippen LogP contribution is -2.14. The summed E-state index contributed by atoms with van der Waals surface area (Å²) < 4.78 is 12.9. The van der Waals surface area contributed by atoms with Crippen LogP contribution in [0.4, 0.5) is 5.82 Å². The number of ether oxygens (including phenoxy) is 2. The van der Waals surface area contributed by atoms with Crippen LogP contribution in [0.5, 0.6) is 5.75 Å². The molecule has 7 heteroatoms. The fraction of sp³-hybridized carbons (Fsp3) is 0.370. The summed E-state index contributed by atoms with van der Waals surface area (Å²) in [7, 11) is 1.68. The second kappa shape index (κ2) is 9.81. The van der Waals surface area contributed by atoms with Crippen molar-refractivity contribution >= 4 is 16.7 Å². The third-order valence-electron chi connectivity index (χ3n) is 6.30. The number of rotatable bonds is 7. The lowest BCUT2D eigenvalue weighted by Gasteiger charge is -2.22. The SMILES string of the molecule is COc1ccc(Cn2nc(-c3cc(C4CCOCC4)ccn3)c3c(NC(C)C)nccc32)cc1. The molecular formula is C27H31N5O2. The molecule has 0 unspecified atom stereocenters. The van der Waals surface area contributed by atoms with Crippen molar-refractivity contribution in [1.82, 2.24) is 19.7 Å². The standard InChI is InChI=1S/C27H31N5O2/c1-18(2)30-27-25-24(9-13-29-27)32(17-19-4-6-22(33-3)7-5-19)31-26(25)23-16-21(8-12-28-23)20-10-14-34-15-11-20/h4-9,12-13,16,18,20H,10-11,14-15,17H2,1-3H3,(H,29,30). The van der Waals surface area contributed by atoms with Crippen molar-refractivity contribution in [3.05, 3.63) is 66.0 Å². The molecule has 1 aromatic carbocycles. The van der Waals surface area contributed by atoms with Gasteiger partial charge in [0.1, 0.15) is 17.3 Å². The summed E-state index contributed by atoms with van der Waals surface area (Å²) in [6.07, 6.45) is 5.82. The first kappa shape index (κ1) is 22.3. The molecule has 1 saturated heterocycles.